The van der Waals surface area contributed by atoms with Gasteiger partial charge >= 0.3 is 50.8 Å². The molecule has 0 aromatic carbocycles. The minimum atomic E-state index is -0.501. The van der Waals surface area contributed by atoms with E-state index in [9.17, 15) is 0 Å². The third-order valence-electron chi connectivity index (χ3n) is 0.134. The van der Waals surface area contributed by atoms with Gasteiger partial charge < -0.3 is 0 Å². The second kappa shape index (κ2) is 5.16. The molecule has 0 N–H and O–H groups in total. The van der Waals surface area contributed by atoms with Crippen molar-refractivity contribution in [3.05, 3.63) is 0 Å². The number of hydrogen-bond donors (Lipinski definition) is 0. The summed E-state index contributed by atoms with van der Waals surface area (Å²) in [5.74, 6) is 0. The first kappa shape index (κ1) is 6.16. The van der Waals surface area contributed by atoms with E-state index >= 15 is 0 Å². The van der Waals surface area contributed by atoms with Gasteiger partial charge in [-0.1, -0.05) is 0 Å². The molecule has 5 heavy (non-hydrogen) atoms. The Bertz CT molecular complexity index is 59.8. The fourth-order valence-electron chi connectivity index (χ4n) is 0.0253. The Morgan fingerprint density at radius 2 is 2.40 bits per heavy atom. The molecule has 0 aliphatic carbocycles. The molecule has 0 aliphatic heterocycles. The van der Waals surface area contributed by atoms with E-state index in [1.807, 2.05) is 0 Å². The zero-order valence-electron chi connectivity index (χ0n) is 2.46. The van der Waals surface area contributed by atoms with Crippen LogP contribution >= 0.6 is 23.2 Å². The van der Waals surface area contributed by atoms with Crippen LogP contribution in [-0.4, -0.2) is 24.4 Å². The number of rotatable bonds is 0. The quantitative estimate of drug-likeness (QED) is 0.419. The average molecular weight is 216 g/mol. The molecule has 0 nitrogen and oxygen atoms in total. The van der Waals surface area contributed by atoms with E-state index in [2.05, 4.69) is 3.28 Å². The molecule has 28 valence electrons. The second-order valence-electron chi connectivity index (χ2n) is 0.405. The molecule has 0 aliphatic rings. The predicted molar refractivity (Wildman–Crippen MR) is 26.2 cm³/mol. The Balaban J connectivity index is 2.81. The average Bonchev–Trinajstić information content (AvgIpc) is 1.41. The van der Waals surface area contributed by atoms with Crippen molar-refractivity contribution < 1.29 is 0 Å². The summed E-state index contributed by atoms with van der Waals surface area (Å²) in [6.45, 7) is 0. The molecule has 0 atom stereocenters. The van der Waals surface area contributed by atoms with E-state index in [0.717, 1.165) is 3.90 Å². The Morgan fingerprint density at radius 1 is 1.80 bits per heavy atom. The van der Waals surface area contributed by atoms with Crippen LogP contribution in [0.2, 0.25) is 0 Å². The van der Waals surface area contributed by atoms with Crippen molar-refractivity contribution in [3.8, 4) is 3.28 Å². The third kappa shape index (κ3) is 5.16. The van der Waals surface area contributed by atoms with Gasteiger partial charge in [-0.15, -0.1) is 0 Å². The fourth-order valence-corrected chi connectivity index (χ4v) is 1.52. The summed E-state index contributed by atoms with van der Waals surface area (Å²) < 4.78 is 3.27. The van der Waals surface area contributed by atoms with Gasteiger partial charge in [-0.05, 0) is 0 Å². The van der Waals surface area contributed by atoms with Crippen LogP contribution in [0, 0.1) is 3.28 Å². The summed E-state index contributed by atoms with van der Waals surface area (Å²) in [5.41, 5.74) is 0. The summed E-state index contributed by atoms with van der Waals surface area (Å²) in [5, 5.41) is 0. The first-order valence-corrected chi connectivity index (χ1v) is 5.42. The van der Waals surface area contributed by atoms with Crippen molar-refractivity contribution in [2.45, 2.75) is 0 Å². The van der Waals surface area contributed by atoms with Gasteiger partial charge in [0.1, 0.15) is 0 Å². The van der Waals surface area contributed by atoms with Crippen molar-refractivity contribution in [3.63, 3.8) is 0 Å². The zero-order valence-corrected chi connectivity index (χ0v) is 6.83. The van der Waals surface area contributed by atoms with Gasteiger partial charge in [0.05, 0.1) is 0 Å². The van der Waals surface area contributed by atoms with Crippen molar-refractivity contribution >= 4 is 43.7 Å². The number of alkyl halides is 1. The summed E-state index contributed by atoms with van der Waals surface area (Å²) in [6.07, 6.45) is 0. The fraction of sp³-hybridized carbons (Fsp3) is 0.500. The second-order valence-corrected chi connectivity index (χ2v) is 5.78. The van der Waals surface area contributed by atoms with Gasteiger partial charge in [-0.2, -0.15) is 0 Å². The van der Waals surface area contributed by atoms with Crippen LogP contribution in [0.1, 0.15) is 0 Å². The molecule has 0 spiro atoms. The monoisotopic (exact) mass is 216 g/mol. The molecular weight excluding hydrogens is 214 g/mol. The summed E-state index contributed by atoms with van der Waals surface area (Å²) >= 11 is 9.77. The van der Waals surface area contributed by atoms with Crippen LogP contribution in [-0.2, 0) is 0 Å². The molecule has 0 saturated carbocycles. The summed E-state index contributed by atoms with van der Waals surface area (Å²) in [6, 6.07) is 0. The third-order valence-corrected chi connectivity index (χ3v) is 2.69. The van der Waals surface area contributed by atoms with Gasteiger partial charge in [0.25, 0.3) is 0 Å². The van der Waals surface area contributed by atoms with Crippen molar-refractivity contribution in [1.82, 2.24) is 0 Å². The standard InChI is InChI=1S/CH2Cl.CCl.Sn/c2*1-2;/h1H2;;. The van der Waals surface area contributed by atoms with Crippen LogP contribution < -0.4 is 0 Å². The molecule has 0 bridgehead atoms. The topological polar surface area (TPSA) is 0 Å². The molecule has 3 heteroatoms. The zero-order chi connectivity index (χ0) is 4.12. The minimum absolute atomic E-state index is 0.501. The van der Waals surface area contributed by atoms with Crippen LogP contribution in [0.15, 0.2) is 0 Å². The maximum atomic E-state index is 5.23. The van der Waals surface area contributed by atoms with Gasteiger partial charge in [0.2, 0.25) is 0 Å². The number of halogens is 2. The van der Waals surface area contributed by atoms with Gasteiger partial charge in [0, 0.05) is 0 Å². The van der Waals surface area contributed by atoms with Gasteiger partial charge in [-0.25, -0.2) is 0 Å². The first-order chi connectivity index (χ1) is 2.41. The summed E-state index contributed by atoms with van der Waals surface area (Å²) in [7, 11) is 0. The molecular formula is C2H2Cl2Sn. The van der Waals surface area contributed by atoms with E-state index < -0.39 is 20.5 Å². The molecule has 0 saturated heterocycles. The Kier molecular flexibility index (Phi) is 6.35. The number of hydrogen-bond acceptors (Lipinski definition) is 0. The van der Waals surface area contributed by atoms with Crippen molar-refractivity contribution in [1.29, 1.82) is 0 Å². The van der Waals surface area contributed by atoms with E-state index in [1.54, 1.807) is 0 Å². The van der Waals surface area contributed by atoms with Crippen LogP contribution in [0.3, 0.4) is 0 Å². The Hall–Kier alpha value is 1.16. The van der Waals surface area contributed by atoms with Crippen molar-refractivity contribution in [2.24, 2.45) is 0 Å². The molecule has 0 fully saturated rings. The molecule has 0 rings (SSSR count). The molecule has 0 aromatic rings. The SMILES string of the molecule is Cl[C]#[Sn][CH2]Cl. The van der Waals surface area contributed by atoms with Crippen LogP contribution in [0.4, 0.5) is 0 Å². The predicted octanol–water partition coefficient (Wildman–Crippen LogP) is 1.04. The van der Waals surface area contributed by atoms with E-state index in [4.69, 9.17) is 23.2 Å². The normalized spacial score (nSPS) is 5.20. The summed E-state index contributed by atoms with van der Waals surface area (Å²) in [4.78, 5) is 0. The van der Waals surface area contributed by atoms with Crippen LogP contribution in [0.25, 0.3) is 0 Å². The maximum absolute atomic E-state index is 5.23. The molecule has 0 aromatic heterocycles. The van der Waals surface area contributed by atoms with Gasteiger partial charge in [-0.3, -0.25) is 0 Å². The first-order valence-electron chi connectivity index (χ1n) is 1.06. The van der Waals surface area contributed by atoms with E-state index in [-0.39, 0.29) is 0 Å². The van der Waals surface area contributed by atoms with E-state index in [0.29, 0.717) is 0 Å². The Labute approximate surface area is 50.8 Å². The molecule has 0 heterocycles. The molecule has 0 unspecified atom stereocenters. The Morgan fingerprint density at radius 3 is 2.40 bits per heavy atom. The van der Waals surface area contributed by atoms with E-state index in [1.165, 1.54) is 0 Å². The van der Waals surface area contributed by atoms with Crippen LogP contribution in [0.5, 0.6) is 0 Å². The molecule has 0 amide bonds. The van der Waals surface area contributed by atoms with Gasteiger partial charge in [0.15, 0.2) is 0 Å². The van der Waals surface area contributed by atoms with Crippen molar-refractivity contribution in [2.75, 3.05) is 3.90 Å². The molecule has 0 radical (unpaired) electrons.